The van der Waals surface area contributed by atoms with Crippen LogP contribution in [0.25, 0.3) is 0 Å². The number of piperidine rings is 2. The molecule has 2 aliphatic rings. The summed E-state index contributed by atoms with van der Waals surface area (Å²) in [5.74, 6) is -1.28. The van der Waals surface area contributed by atoms with Gasteiger partial charge in [-0.1, -0.05) is 0 Å². The minimum Gasteiger partial charge on any atom is -0.480 e. The summed E-state index contributed by atoms with van der Waals surface area (Å²) in [5.41, 5.74) is 0.00178. The number of hydrogen-bond acceptors (Lipinski definition) is 4. The summed E-state index contributed by atoms with van der Waals surface area (Å²) in [6.07, 6.45) is 3.91. The molecule has 7 heteroatoms. The van der Waals surface area contributed by atoms with Crippen molar-refractivity contribution in [2.75, 3.05) is 26.2 Å². The SMILES string of the molecule is CC(C(=O)O)S(=O)(=O)N1CCCC2(CCCNC2)C1. The maximum Gasteiger partial charge on any atom is 0.323 e. The Bertz CT molecular complexity index is 437. The lowest BCUT2D eigenvalue weighted by Gasteiger charge is -2.45. The second-order valence-corrected chi connectivity index (χ2v) is 8.00. The Morgan fingerprint density at radius 3 is 2.63 bits per heavy atom. The van der Waals surface area contributed by atoms with Gasteiger partial charge in [-0.05, 0) is 44.6 Å². The molecule has 2 unspecified atom stereocenters. The standard InChI is InChI=1S/C12H22N2O4S/c1-10(11(15)16)19(17,18)14-7-3-5-12(9-14)4-2-6-13-8-12/h10,13H,2-9H2,1H3,(H,15,16). The Hall–Kier alpha value is -0.660. The van der Waals surface area contributed by atoms with E-state index in [4.69, 9.17) is 5.11 Å². The zero-order valence-corrected chi connectivity index (χ0v) is 12.1. The molecule has 0 radical (unpaired) electrons. The fourth-order valence-corrected chi connectivity index (χ4v) is 4.65. The molecule has 110 valence electrons. The van der Waals surface area contributed by atoms with E-state index in [-0.39, 0.29) is 5.41 Å². The lowest BCUT2D eigenvalue weighted by molar-refractivity contribution is -0.136. The number of carboxylic acids is 1. The Morgan fingerprint density at radius 1 is 1.37 bits per heavy atom. The Labute approximate surface area is 114 Å². The van der Waals surface area contributed by atoms with E-state index in [9.17, 15) is 13.2 Å². The molecular formula is C12H22N2O4S. The molecular weight excluding hydrogens is 268 g/mol. The van der Waals surface area contributed by atoms with Crippen LogP contribution in [0.5, 0.6) is 0 Å². The first kappa shape index (κ1) is 14.7. The van der Waals surface area contributed by atoms with Gasteiger partial charge in [0.25, 0.3) is 0 Å². The predicted molar refractivity (Wildman–Crippen MR) is 71.4 cm³/mol. The van der Waals surface area contributed by atoms with Crippen LogP contribution in [-0.2, 0) is 14.8 Å². The molecule has 0 aromatic rings. The van der Waals surface area contributed by atoms with Crippen molar-refractivity contribution in [3.8, 4) is 0 Å². The summed E-state index contributed by atoms with van der Waals surface area (Å²) in [4.78, 5) is 10.9. The van der Waals surface area contributed by atoms with Crippen LogP contribution in [-0.4, -0.2) is 55.2 Å². The minimum absolute atomic E-state index is 0.00178. The van der Waals surface area contributed by atoms with Gasteiger partial charge in [0.15, 0.2) is 5.25 Å². The summed E-state index contributed by atoms with van der Waals surface area (Å²) in [6, 6.07) is 0. The monoisotopic (exact) mass is 290 g/mol. The van der Waals surface area contributed by atoms with Crippen LogP contribution in [0.2, 0.25) is 0 Å². The Morgan fingerprint density at radius 2 is 2.05 bits per heavy atom. The number of carbonyl (C=O) groups is 1. The number of nitrogens with zero attached hydrogens (tertiary/aromatic N) is 1. The quantitative estimate of drug-likeness (QED) is 0.778. The van der Waals surface area contributed by atoms with Gasteiger partial charge in [-0.2, -0.15) is 0 Å². The molecule has 6 nitrogen and oxygen atoms in total. The molecule has 0 aliphatic carbocycles. The third-order valence-corrected chi connectivity index (χ3v) is 6.47. The van der Waals surface area contributed by atoms with Crippen molar-refractivity contribution in [1.29, 1.82) is 0 Å². The molecule has 0 aromatic heterocycles. The zero-order chi connectivity index (χ0) is 14.1. The summed E-state index contributed by atoms with van der Waals surface area (Å²) in [6.45, 7) is 3.97. The fourth-order valence-electron chi connectivity index (χ4n) is 3.11. The van der Waals surface area contributed by atoms with Gasteiger partial charge in [0.05, 0.1) is 0 Å². The first-order chi connectivity index (χ1) is 8.87. The average molecular weight is 290 g/mol. The molecule has 2 heterocycles. The molecule has 2 saturated heterocycles. The van der Waals surface area contributed by atoms with Gasteiger partial charge < -0.3 is 10.4 Å². The van der Waals surface area contributed by atoms with Gasteiger partial charge in [0.1, 0.15) is 0 Å². The number of sulfonamides is 1. The van der Waals surface area contributed by atoms with E-state index in [1.807, 2.05) is 0 Å². The van der Waals surface area contributed by atoms with Crippen LogP contribution in [0.4, 0.5) is 0 Å². The number of carboxylic acid groups (broad SMARTS) is 1. The van der Waals surface area contributed by atoms with Crippen molar-refractivity contribution in [3.05, 3.63) is 0 Å². The summed E-state index contributed by atoms with van der Waals surface area (Å²) >= 11 is 0. The molecule has 0 aromatic carbocycles. The van der Waals surface area contributed by atoms with Gasteiger partial charge in [0, 0.05) is 19.6 Å². The van der Waals surface area contributed by atoms with E-state index in [0.717, 1.165) is 38.8 Å². The van der Waals surface area contributed by atoms with Crippen molar-refractivity contribution >= 4 is 16.0 Å². The summed E-state index contributed by atoms with van der Waals surface area (Å²) < 4.78 is 25.9. The highest BCUT2D eigenvalue weighted by molar-refractivity contribution is 7.90. The lowest BCUT2D eigenvalue weighted by Crippen LogP contribution is -2.54. The van der Waals surface area contributed by atoms with Crippen LogP contribution in [0.15, 0.2) is 0 Å². The first-order valence-corrected chi connectivity index (χ1v) is 8.30. The smallest absolute Gasteiger partial charge is 0.323 e. The third kappa shape index (κ3) is 2.93. The van der Waals surface area contributed by atoms with Crippen LogP contribution in [0.1, 0.15) is 32.6 Å². The normalized spacial score (nSPS) is 31.2. The second kappa shape index (κ2) is 5.38. The van der Waals surface area contributed by atoms with E-state index in [0.29, 0.717) is 13.1 Å². The summed E-state index contributed by atoms with van der Waals surface area (Å²) in [7, 11) is -3.73. The second-order valence-electron chi connectivity index (χ2n) is 5.74. The highest BCUT2D eigenvalue weighted by Gasteiger charge is 2.43. The van der Waals surface area contributed by atoms with Crippen LogP contribution in [0, 0.1) is 5.41 Å². The van der Waals surface area contributed by atoms with Crippen molar-refractivity contribution in [2.24, 2.45) is 5.41 Å². The van der Waals surface area contributed by atoms with Gasteiger partial charge in [0.2, 0.25) is 10.0 Å². The van der Waals surface area contributed by atoms with Crippen molar-refractivity contribution < 1.29 is 18.3 Å². The maximum atomic E-state index is 12.3. The maximum absolute atomic E-state index is 12.3. The van der Waals surface area contributed by atoms with E-state index < -0.39 is 21.2 Å². The van der Waals surface area contributed by atoms with Gasteiger partial charge >= 0.3 is 5.97 Å². The van der Waals surface area contributed by atoms with Crippen molar-refractivity contribution in [1.82, 2.24) is 9.62 Å². The van der Waals surface area contributed by atoms with Crippen LogP contribution in [0.3, 0.4) is 0 Å². The molecule has 2 atom stereocenters. The Balaban J connectivity index is 2.15. The molecule has 0 bridgehead atoms. The van der Waals surface area contributed by atoms with Crippen LogP contribution < -0.4 is 5.32 Å². The van der Waals surface area contributed by atoms with E-state index in [2.05, 4.69) is 5.32 Å². The molecule has 2 N–H and O–H groups in total. The topological polar surface area (TPSA) is 86.7 Å². The van der Waals surface area contributed by atoms with Gasteiger partial charge in [-0.25, -0.2) is 12.7 Å². The lowest BCUT2D eigenvalue weighted by atomic mass is 9.75. The molecule has 0 amide bonds. The predicted octanol–water partition coefficient (Wildman–Crippen LogP) is 0.255. The molecule has 0 saturated carbocycles. The average Bonchev–Trinajstić information content (AvgIpc) is 2.38. The highest BCUT2D eigenvalue weighted by Crippen LogP contribution is 2.37. The summed E-state index contributed by atoms with van der Waals surface area (Å²) in [5, 5.41) is 10.9. The van der Waals surface area contributed by atoms with E-state index in [1.165, 1.54) is 11.2 Å². The molecule has 2 aliphatic heterocycles. The third-order valence-electron chi connectivity index (χ3n) is 4.34. The van der Waals surface area contributed by atoms with Crippen LogP contribution >= 0.6 is 0 Å². The minimum atomic E-state index is -3.73. The molecule has 19 heavy (non-hydrogen) atoms. The first-order valence-electron chi connectivity index (χ1n) is 6.80. The number of aliphatic carboxylic acids is 1. The molecule has 1 spiro atoms. The fraction of sp³-hybridized carbons (Fsp3) is 0.917. The van der Waals surface area contributed by atoms with Crippen molar-refractivity contribution in [3.63, 3.8) is 0 Å². The van der Waals surface area contributed by atoms with Gasteiger partial charge in [-0.3, -0.25) is 4.79 Å². The largest absolute Gasteiger partial charge is 0.480 e. The zero-order valence-electron chi connectivity index (χ0n) is 11.3. The van der Waals surface area contributed by atoms with E-state index in [1.54, 1.807) is 0 Å². The van der Waals surface area contributed by atoms with E-state index >= 15 is 0 Å². The number of nitrogens with one attached hydrogen (secondary N) is 1. The number of hydrogen-bond donors (Lipinski definition) is 2. The molecule has 2 fully saturated rings. The molecule has 2 rings (SSSR count). The number of rotatable bonds is 3. The highest BCUT2D eigenvalue weighted by atomic mass is 32.2. The van der Waals surface area contributed by atoms with Crippen molar-refractivity contribution in [2.45, 2.75) is 37.9 Å². The Kier molecular flexibility index (Phi) is 4.17. The van der Waals surface area contributed by atoms with Gasteiger partial charge in [-0.15, -0.1) is 0 Å².